The number of halogens is 2. The Morgan fingerprint density at radius 2 is 2.24 bits per heavy atom. The molecule has 1 aromatic carbocycles. The van der Waals surface area contributed by atoms with Crippen molar-refractivity contribution in [3.05, 3.63) is 33.8 Å². The van der Waals surface area contributed by atoms with Gasteiger partial charge in [-0.1, -0.05) is 23.2 Å². The summed E-state index contributed by atoms with van der Waals surface area (Å²) in [6.07, 6.45) is 1.15. The number of rotatable bonds is 2. The van der Waals surface area contributed by atoms with Crippen LogP contribution in [0.15, 0.2) is 18.2 Å². The van der Waals surface area contributed by atoms with Crippen LogP contribution < -0.4 is 5.73 Å². The Hall–Kier alpha value is -0.770. The molecule has 3 nitrogen and oxygen atoms in total. The molecule has 0 aliphatic carbocycles. The van der Waals surface area contributed by atoms with E-state index in [2.05, 4.69) is 0 Å². The largest absolute Gasteiger partial charge is 0.341 e. The van der Waals surface area contributed by atoms with Crippen LogP contribution in [0.5, 0.6) is 0 Å². The van der Waals surface area contributed by atoms with E-state index < -0.39 is 0 Å². The lowest BCUT2D eigenvalue weighted by atomic mass is 10.1. The average molecular weight is 273 g/mol. The SMILES string of the molecule is NC1CCN(C(=O)Cc2cc(Cl)ccc2Cl)C1. The van der Waals surface area contributed by atoms with Gasteiger partial charge in [-0.15, -0.1) is 0 Å². The molecule has 1 saturated heterocycles. The van der Waals surface area contributed by atoms with Crippen molar-refractivity contribution in [3.8, 4) is 0 Å². The maximum Gasteiger partial charge on any atom is 0.227 e. The molecule has 0 radical (unpaired) electrons. The van der Waals surface area contributed by atoms with Gasteiger partial charge >= 0.3 is 0 Å². The highest BCUT2D eigenvalue weighted by atomic mass is 35.5. The van der Waals surface area contributed by atoms with E-state index in [0.29, 0.717) is 16.6 Å². The van der Waals surface area contributed by atoms with Crippen molar-refractivity contribution in [2.24, 2.45) is 5.73 Å². The third-order valence-electron chi connectivity index (χ3n) is 2.93. The van der Waals surface area contributed by atoms with Gasteiger partial charge in [-0.25, -0.2) is 0 Å². The van der Waals surface area contributed by atoms with Crippen LogP contribution >= 0.6 is 23.2 Å². The Morgan fingerprint density at radius 3 is 2.88 bits per heavy atom. The summed E-state index contributed by atoms with van der Waals surface area (Å²) in [5.74, 6) is 0.0575. The summed E-state index contributed by atoms with van der Waals surface area (Å²) in [6, 6.07) is 5.26. The highest BCUT2D eigenvalue weighted by Gasteiger charge is 2.23. The molecule has 92 valence electrons. The number of nitrogens with two attached hydrogens (primary N) is 1. The molecule has 0 aromatic heterocycles. The van der Waals surface area contributed by atoms with Gasteiger partial charge in [0.15, 0.2) is 0 Å². The molecule has 1 fully saturated rings. The number of nitrogens with zero attached hydrogens (tertiary/aromatic N) is 1. The average Bonchev–Trinajstić information content (AvgIpc) is 2.70. The van der Waals surface area contributed by atoms with Crippen LogP contribution in [0, 0.1) is 0 Å². The van der Waals surface area contributed by atoms with E-state index in [1.807, 2.05) is 0 Å². The molecule has 1 aliphatic rings. The van der Waals surface area contributed by atoms with Crippen LogP contribution in [0.1, 0.15) is 12.0 Å². The van der Waals surface area contributed by atoms with E-state index in [0.717, 1.165) is 18.5 Å². The first-order valence-electron chi connectivity index (χ1n) is 5.53. The van der Waals surface area contributed by atoms with Gasteiger partial charge in [0.1, 0.15) is 0 Å². The zero-order valence-electron chi connectivity index (χ0n) is 9.33. The molecule has 0 spiro atoms. The standard InChI is InChI=1S/C12H14Cl2N2O/c13-9-1-2-11(14)8(5-9)6-12(17)16-4-3-10(15)7-16/h1-2,5,10H,3-4,6-7,15H2. The normalized spacial score (nSPS) is 19.7. The van der Waals surface area contributed by atoms with Gasteiger partial charge in [-0.2, -0.15) is 0 Å². The van der Waals surface area contributed by atoms with Crippen molar-refractivity contribution in [1.29, 1.82) is 0 Å². The Balaban J connectivity index is 2.05. The van der Waals surface area contributed by atoms with Crippen molar-refractivity contribution in [2.45, 2.75) is 18.9 Å². The minimum Gasteiger partial charge on any atom is -0.341 e. The highest BCUT2D eigenvalue weighted by Crippen LogP contribution is 2.22. The van der Waals surface area contributed by atoms with Crippen LogP contribution in [-0.2, 0) is 11.2 Å². The van der Waals surface area contributed by atoms with Gasteiger partial charge in [0.2, 0.25) is 5.91 Å². The Labute approximate surface area is 110 Å². The van der Waals surface area contributed by atoms with E-state index in [1.165, 1.54) is 0 Å². The smallest absolute Gasteiger partial charge is 0.227 e. The van der Waals surface area contributed by atoms with Crippen molar-refractivity contribution in [3.63, 3.8) is 0 Å². The van der Waals surface area contributed by atoms with Crippen molar-refractivity contribution < 1.29 is 4.79 Å². The molecule has 1 unspecified atom stereocenters. The molecule has 5 heteroatoms. The van der Waals surface area contributed by atoms with E-state index in [1.54, 1.807) is 23.1 Å². The molecular weight excluding hydrogens is 259 g/mol. The monoisotopic (exact) mass is 272 g/mol. The van der Waals surface area contributed by atoms with Crippen LogP contribution in [0.3, 0.4) is 0 Å². The molecule has 2 rings (SSSR count). The Kier molecular flexibility index (Phi) is 3.92. The van der Waals surface area contributed by atoms with E-state index in [-0.39, 0.29) is 18.4 Å². The topological polar surface area (TPSA) is 46.3 Å². The highest BCUT2D eigenvalue weighted by molar-refractivity contribution is 6.33. The summed E-state index contributed by atoms with van der Waals surface area (Å²) >= 11 is 11.9. The first-order valence-corrected chi connectivity index (χ1v) is 6.29. The zero-order valence-corrected chi connectivity index (χ0v) is 10.8. The molecule has 17 heavy (non-hydrogen) atoms. The molecule has 1 aliphatic heterocycles. The zero-order chi connectivity index (χ0) is 12.4. The maximum absolute atomic E-state index is 12.0. The maximum atomic E-state index is 12.0. The van der Waals surface area contributed by atoms with Crippen LogP contribution in [0.25, 0.3) is 0 Å². The van der Waals surface area contributed by atoms with Crippen LogP contribution in [-0.4, -0.2) is 29.9 Å². The number of carbonyl (C=O) groups is 1. The quantitative estimate of drug-likeness (QED) is 0.896. The molecule has 1 atom stereocenters. The molecule has 1 heterocycles. The van der Waals surface area contributed by atoms with E-state index in [4.69, 9.17) is 28.9 Å². The Bertz CT molecular complexity index is 437. The van der Waals surface area contributed by atoms with Crippen molar-refractivity contribution in [2.75, 3.05) is 13.1 Å². The minimum atomic E-state index is 0.0575. The molecule has 2 N–H and O–H groups in total. The fraction of sp³-hybridized carbons (Fsp3) is 0.417. The summed E-state index contributed by atoms with van der Waals surface area (Å²) in [5.41, 5.74) is 6.54. The summed E-state index contributed by atoms with van der Waals surface area (Å²) < 4.78 is 0. The summed E-state index contributed by atoms with van der Waals surface area (Å²) in [5, 5.41) is 1.17. The van der Waals surface area contributed by atoms with Gasteiger partial charge in [-0.05, 0) is 30.2 Å². The molecule has 0 bridgehead atoms. The first kappa shape index (κ1) is 12.7. The second kappa shape index (κ2) is 5.25. The van der Waals surface area contributed by atoms with Gasteiger partial charge in [0, 0.05) is 29.2 Å². The number of amides is 1. The fourth-order valence-corrected chi connectivity index (χ4v) is 2.35. The van der Waals surface area contributed by atoms with E-state index >= 15 is 0 Å². The number of benzene rings is 1. The number of hydrogen-bond acceptors (Lipinski definition) is 2. The molecular formula is C12H14Cl2N2O. The third kappa shape index (κ3) is 3.12. The fourth-order valence-electron chi connectivity index (χ4n) is 1.97. The van der Waals surface area contributed by atoms with E-state index in [9.17, 15) is 4.79 Å². The molecule has 1 amide bonds. The third-order valence-corrected chi connectivity index (χ3v) is 3.53. The number of hydrogen-bond donors (Lipinski definition) is 1. The lowest BCUT2D eigenvalue weighted by Gasteiger charge is -2.16. The van der Waals surface area contributed by atoms with Gasteiger partial charge in [0.25, 0.3) is 0 Å². The van der Waals surface area contributed by atoms with Crippen molar-refractivity contribution in [1.82, 2.24) is 4.90 Å². The second-order valence-electron chi connectivity index (χ2n) is 4.30. The predicted molar refractivity (Wildman–Crippen MR) is 69.3 cm³/mol. The van der Waals surface area contributed by atoms with Crippen LogP contribution in [0.2, 0.25) is 10.0 Å². The minimum absolute atomic E-state index is 0.0575. The lowest BCUT2D eigenvalue weighted by Crippen LogP contribution is -2.32. The van der Waals surface area contributed by atoms with Gasteiger partial charge in [-0.3, -0.25) is 4.79 Å². The number of likely N-dealkylation sites (tertiary alicyclic amines) is 1. The lowest BCUT2D eigenvalue weighted by molar-refractivity contribution is -0.129. The second-order valence-corrected chi connectivity index (χ2v) is 5.14. The van der Waals surface area contributed by atoms with Gasteiger partial charge in [0.05, 0.1) is 6.42 Å². The first-order chi connectivity index (χ1) is 8.06. The number of carbonyl (C=O) groups excluding carboxylic acids is 1. The van der Waals surface area contributed by atoms with Gasteiger partial charge < -0.3 is 10.6 Å². The summed E-state index contributed by atoms with van der Waals surface area (Å²) in [7, 11) is 0. The predicted octanol–water partition coefficient (Wildman–Crippen LogP) is 2.10. The van der Waals surface area contributed by atoms with Crippen LogP contribution in [0.4, 0.5) is 0 Å². The molecule has 0 saturated carbocycles. The van der Waals surface area contributed by atoms with Crippen molar-refractivity contribution >= 4 is 29.1 Å². The Morgan fingerprint density at radius 1 is 1.47 bits per heavy atom. The summed E-state index contributed by atoms with van der Waals surface area (Å²) in [6.45, 7) is 1.37. The molecule has 1 aromatic rings. The summed E-state index contributed by atoms with van der Waals surface area (Å²) in [4.78, 5) is 13.8.